The van der Waals surface area contributed by atoms with Crippen LogP contribution in [0.25, 0.3) is 0 Å². The first-order chi connectivity index (χ1) is 7.68. The lowest BCUT2D eigenvalue weighted by Gasteiger charge is -2.50. The van der Waals surface area contributed by atoms with Gasteiger partial charge in [-0.1, -0.05) is 0 Å². The van der Waals surface area contributed by atoms with Crippen LogP contribution in [0.4, 0.5) is 0 Å². The van der Waals surface area contributed by atoms with Crippen LogP contribution in [0.5, 0.6) is 0 Å². The molecule has 1 atom stereocenters. The molecule has 0 saturated carbocycles. The molecule has 2 rings (SSSR count). The highest BCUT2D eigenvalue weighted by Crippen LogP contribution is 2.27. The zero-order valence-corrected chi connectivity index (χ0v) is 12.1. The van der Waals surface area contributed by atoms with Crippen LogP contribution in [0.15, 0.2) is 0 Å². The van der Waals surface area contributed by atoms with Gasteiger partial charge in [0.1, 0.15) is 0 Å². The third-order valence-electron chi connectivity index (χ3n) is 4.11. The highest BCUT2D eigenvalue weighted by molar-refractivity contribution is 7.91. The van der Waals surface area contributed by atoms with Gasteiger partial charge in [0.05, 0.1) is 5.25 Å². The van der Waals surface area contributed by atoms with Crippen molar-refractivity contribution in [3.63, 3.8) is 0 Å². The van der Waals surface area contributed by atoms with E-state index in [1.165, 1.54) is 6.26 Å². The molecule has 2 heterocycles. The quantitative estimate of drug-likeness (QED) is 0.728. The molecule has 0 aliphatic carbocycles. The van der Waals surface area contributed by atoms with E-state index >= 15 is 0 Å². The van der Waals surface area contributed by atoms with Crippen LogP contribution >= 0.6 is 0 Å². The number of rotatable bonds is 2. The maximum Gasteiger partial charge on any atom is 0.151 e. The first kappa shape index (κ1) is 13.3. The van der Waals surface area contributed by atoms with Gasteiger partial charge in [-0.2, -0.15) is 0 Å². The second-order valence-electron chi connectivity index (χ2n) is 6.46. The van der Waals surface area contributed by atoms with Crippen molar-refractivity contribution in [2.75, 3.05) is 32.4 Å². The van der Waals surface area contributed by atoms with Crippen molar-refractivity contribution < 1.29 is 8.42 Å². The molecule has 0 aromatic heterocycles. The van der Waals surface area contributed by atoms with E-state index < -0.39 is 9.84 Å². The van der Waals surface area contributed by atoms with Crippen molar-refractivity contribution in [3.05, 3.63) is 0 Å². The summed E-state index contributed by atoms with van der Waals surface area (Å²) in [6.07, 6.45) is 2.17. The Morgan fingerprint density at radius 3 is 2.12 bits per heavy atom. The number of hydrogen-bond acceptors (Lipinski definition) is 4. The Morgan fingerprint density at radius 1 is 1.12 bits per heavy atom. The monoisotopic (exact) mass is 260 g/mol. The second kappa shape index (κ2) is 4.21. The topological polar surface area (TPSA) is 40.6 Å². The van der Waals surface area contributed by atoms with Crippen molar-refractivity contribution in [2.24, 2.45) is 0 Å². The van der Waals surface area contributed by atoms with Crippen molar-refractivity contribution in [2.45, 2.75) is 44.0 Å². The molecule has 5 heteroatoms. The normalized spacial score (nSPS) is 29.5. The van der Waals surface area contributed by atoms with Crippen LogP contribution in [0.1, 0.15) is 27.2 Å². The maximum atomic E-state index is 11.5. The molecule has 0 aromatic carbocycles. The minimum absolute atomic E-state index is 0.133. The molecule has 0 spiro atoms. The summed E-state index contributed by atoms with van der Waals surface area (Å²) in [5.74, 6) is 0. The lowest BCUT2D eigenvalue weighted by atomic mass is 9.97. The third-order valence-corrected chi connectivity index (χ3v) is 5.71. The van der Waals surface area contributed by atoms with Gasteiger partial charge in [-0.3, -0.25) is 9.80 Å². The predicted molar refractivity (Wildman–Crippen MR) is 69.9 cm³/mol. The molecule has 2 aliphatic heterocycles. The van der Waals surface area contributed by atoms with E-state index in [1.54, 1.807) is 0 Å². The molecule has 17 heavy (non-hydrogen) atoms. The fourth-order valence-electron chi connectivity index (χ4n) is 2.67. The summed E-state index contributed by atoms with van der Waals surface area (Å²) in [5, 5.41) is -0.133. The highest BCUT2D eigenvalue weighted by Gasteiger charge is 2.41. The molecule has 0 amide bonds. The Balaban J connectivity index is 1.85. The molecule has 0 unspecified atom stereocenters. The molecule has 0 N–H and O–H groups in total. The van der Waals surface area contributed by atoms with E-state index in [9.17, 15) is 8.42 Å². The zero-order valence-electron chi connectivity index (χ0n) is 11.3. The molecular weight excluding hydrogens is 236 g/mol. The molecule has 2 saturated heterocycles. The van der Waals surface area contributed by atoms with E-state index in [1.807, 2.05) is 0 Å². The van der Waals surface area contributed by atoms with Gasteiger partial charge in [0.25, 0.3) is 0 Å². The summed E-state index contributed by atoms with van der Waals surface area (Å²) in [4.78, 5) is 4.80. The van der Waals surface area contributed by atoms with Gasteiger partial charge in [0.2, 0.25) is 0 Å². The Morgan fingerprint density at radius 2 is 1.71 bits per heavy atom. The molecule has 4 nitrogen and oxygen atoms in total. The van der Waals surface area contributed by atoms with Gasteiger partial charge < -0.3 is 0 Å². The fourth-order valence-corrected chi connectivity index (χ4v) is 3.66. The summed E-state index contributed by atoms with van der Waals surface area (Å²) < 4.78 is 23.0. The van der Waals surface area contributed by atoms with Crippen molar-refractivity contribution in [1.82, 2.24) is 9.80 Å². The highest BCUT2D eigenvalue weighted by atomic mass is 32.2. The van der Waals surface area contributed by atoms with Crippen LogP contribution in [0, 0.1) is 0 Å². The van der Waals surface area contributed by atoms with Gasteiger partial charge in [0, 0.05) is 37.5 Å². The summed E-state index contributed by atoms with van der Waals surface area (Å²) in [7, 11) is -2.85. The minimum atomic E-state index is -2.85. The zero-order chi connectivity index (χ0) is 12.8. The Hall–Kier alpha value is -0.130. The van der Waals surface area contributed by atoms with Crippen molar-refractivity contribution in [1.29, 1.82) is 0 Å². The van der Waals surface area contributed by atoms with E-state index in [0.29, 0.717) is 6.04 Å². The molecule has 0 radical (unpaired) electrons. The van der Waals surface area contributed by atoms with Crippen LogP contribution in [0.3, 0.4) is 0 Å². The molecule has 0 aromatic rings. The van der Waals surface area contributed by atoms with Gasteiger partial charge in [0.15, 0.2) is 9.84 Å². The largest absolute Gasteiger partial charge is 0.296 e. The first-order valence-corrected chi connectivity index (χ1v) is 8.31. The van der Waals surface area contributed by atoms with Gasteiger partial charge >= 0.3 is 0 Å². The Bertz CT molecular complexity index is 380. The van der Waals surface area contributed by atoms with Crippen molar-refractivity contribution in [3.8, 4) is 0 Å². The smallest absolute Gasteiger partial charge is 0.151 e. The number of nitrogens with zero attached hydrogens (tertiary/aromatic N) is 2. The van der Waals surface area contributed by atoms with Crippen LogP contribution in [-0.4, -0.2) is 67.5 Å². The molecular formula is C12H24N2O2S. The standard InChI is InChI=1S/C12H24N2O2S/c1-12(2,3)14-7-10(8-14)13-6-5-11(9-13)17(4,15)16/h10-11H,5-9H2,1-4H3/t11-/m1/s1. The minimum Gasteiger partial charge on any atom is -0.296 e. The van der Waals surface area contributed by atoms with Crippen LogP contribution in [0.2, 0.25) is 0 Å². The number of sulfone groups is 1. The summed E-state index contributed by atoms with van der Waals surface area (Å²) in [6, 6.07) is 0.570. The SMILES string of the molecule is CC(C)(C)N1CC(N2CC[C@@H](S(C)(=O)=O)C2)C1. The lowest BCUT2D eigenvalue weighted by Crippen LogP contribution is -2.64. The first-order valence-electron chi connectivity index (χ1n) is 6.36. The summed E-state index contributed by atoms with van der Waals surface area (Å²) in [6.45, 7) is 10.5. The summed E-state index contributed by atoms with van der Waals surface area (Å²) >= 11 is 0. The van der Waals surface area contributed by atoms with Gasteiger partial charge in [-0.15, -0.1) is 0 Å². The second-order valence-corrected chi connectivity index (χ2v) is 8.79. The van der Waals surface area contributed by atoms with Crippen molar-refractivity contribution >= 4 is 9.84 Å². The Kier molecular flexibility index (Phi) is 3.30. The van der Waals surface area contributed by atoms with E-state index in [4.69, 9.17) is 0 Å². The molecule has 100 valence electrons. The number of likely N-dealkylation sites (tertiary alicyclic amines) is 2. The Labute approximate surface area is 105 Å². The van der Waals surface area contributed by atoms with Gasteiger partial charge in [-0.05, 0) is 33.7 Å². The average Bonchev–Trinajstić information content (AvgIpc) is 2.45. The van der Waals surface area contributed by atoms with E-state index in [0.717, 1.165) is 32.6 Å². The summed E-state index contributed by atoms with van der Waals surface area (Å²) in [5.41, 5.74) is 0.243. The molecule has 0 bridgehead atoms. The average molecular weight is 260 g/mol. The van der Waals surface area contributed by atoms with E-state index in [2.05, 4.69) is 30.6 Å². The van der Waals surface area contributed by atoms with Crippen LogP contribution in [-0.2, 0) is 9.84 Å². The fraction of sp³-hybridized carbons (Fsp3) is 1.00. The van der Waals surface area contributed by atoms with E-state index in [-0.39, 0.29) is 10.8 Å². The molecule has 2 fully saturated rings. The van der Waals surface area contributed by atoms with Gasteiger partial charge in [-0.25, -0.2) is 8.42 Å². The third kappa shape index (κ3) is 2.83. The number of hydrogen-bond donors (Lipinski definition) is 0. The predicted octanol–water partition coefficient (Wildman–Crippen LogP) is 0.588. The maximum absolute atomic E-state index is 11.5. The lowest BCUT2D eigenvalue weighted by molar-refractivity contribution is -0.0134. The van der Waals surface area contributed by atoms with Crippen LogP contribution < -0.4 is 0 Å². The molecule has 2 aliphatic rings.